The maximum absolute atomic E-state index is 6.18. The number of methoxy groups -OCH3 is 1. The van der Waals surface area contributed by atoms with Crippen LogP contribution in [0.15, 0.2) is 12.1 Å². The molecule has 0 bridgehead atoms. The van der Waals surface area contributed by atoms with Crippen molar-refractivity contribution in [1.82, 2.24) is 9.55 Å². The molecule has 2 aromatic rings. The highest BCUT2D eigenvalue weighted by Crippen LogP contribution is 2.35. The second-order valence-electron chi connectivity index (χ2n) is 4.26. The number of nitrogens with zero attached hydrogens (tertiary/aromatic N) is 2. The number of rotatable bonds is 2. The number of benzene rings is 1. The van der Waals surface area contributed by atoms with Gasteiger partial charge in [0.05, 0.1) is 23.5 Å². The molecule has 1 aromatic carbocycles. The van der Waals surface area contributed by atoms with Crippen LogP contribution in [0.3, 0.4) is 0 Å². The number of ether oxygens (including phenoxy) is 1. The molecule has 0 atom stereocenters. The zero-order valence-electron chi connectivity index (χ0n) is 10.9. The summed E-state index contributed by atoms with van der Waals surface area (Å²) in [5.41, 5.74) is 9.78. The largest absolute Gasteiger partial charge is 0.495 e. The lowest BCUT2D eigenvalue weighted by Gasteiger charge is -2.12. The Bertz CT molecular complexity index is 605. The molecule has 96 valence electrons. The molecule has 4 nitrogen and oxygen atoms in total. The molecule has 1 heterocycles. The standard InChI is InChI=1S/C13H16ClN3O/c1-7-5-11(18-4)10(14)6-9(7)12-8(2)16-13(15)17(12)3/h5-6H,1-4H3,(H2,15,16). The second-order valence-corrected chi connectivity index (χ2v) is 4.67. The quantitative estimate of drug-likeness (QED) is 0.908. The number of imidazole rings is 1. The summed E-state index contributed by atoms with van der Waals surface area (Å²) in [5.74, 6) is 1.17. The first-order valence-electron chi connectivity index (χ1n) is 5.59. The minimum atomic E-state index is 0.494. The number of nitrogen functional groups attached to an aromatic ring is 1. The van der Waals surface area contributed by atoms with Gasteiger partial charge in [-0.05, 0) is 31.5 Å². The summed E-state index contributed by atoms with van der Waals surface area (Å²) < 4.78 is 7.06. The van der Waals surface area contributed by atoms with Gasteiger partial charge in [0.1, 0.15) is 5.75 Å². The van der Waals surface area contributed by atoms with E-state index in [1.807, 2.05) is 37.6 Å². The van der Waals surface area contributed by atoms with E-state index in [2.05, 4.69) is 4.98 Å². The van der Waals surface area contributed by atoms with Gasteiger partial charge < -0.3 is 15.0 Å². The zero-order chi connectivity index (χ0) is 13.4. The Labute approximate surface area is 111 Å². The highest BCUT2D eigenvalue weighted by molar-refractivity contribution is 6.32. The lowest BCUT2D eigenvalue weighted by Crippen LogP contribution is -2.00. The number of anilines is 1. The van der Waals surface area contributed by atoms with Crippen LogP contribution in [0.4, 0.5) is 5.95 Å². The van der Waals surface area contributed by atoms with E-state index in [-0.39, 0.29) is 0 Å². The smallest absolute Gasteiger partial charge is 0.200 e. The Kier molecular flexibility index (Phi) is 3.22. The third kappa shape index (κ3) is 1.93. The summed E-state index contributed by atoms with van der Waals surface area (Å²) >= 11 is 6.18. The molecular formula is C13H16ClN3O. The van der Waals surface area contributed by atoms with Crippen molar-refractivity contribution in [3.8, 4) is 17.0 Å². The van der Waals surface area contributed by atoms with Gasteiger partial charge in [-0.2, -0.15) is 0 Å². The van der Waals surface area contributed by atoms with Gasteiger partial charge >= 0.3 is 0 Å². The van der Waals surface area contributed by atoms with Crippen LogP contribution in [0, 0.1) is 13.8 Å². The summed E-state index contributed by atoms with van der Waals surface area (Å²) in [7, 11) is 3.50. The van der Waals surface area contributed by atoms with Crippen LogP contribution in [0.5, 0.6) is 5.75 Å². The van der Waals surface area contributed by atoms with Crippen molar-refractivity contribution < 1.29 is 4.74 Å². The Hall–Kier alpha value is -1.68. The third-order valence-electron chi connectivity index (χ3n) is 3.06. The van der Waals surface area contributed by atoms with E-state index in [9.17, 15) is 0 Å². The molecule has 18 heavy (non-hydrogen) atoms. The maximum atomic E-state index is 6.18. The van der Waals surface area contributed by atoms with E-state index in [4.69, 9.17) is 22.1 Å². The zero-order valence-corrected chi connectivity index (χ0v) is 11.7. The number of aryl methyl sites for hydroxylation is 2. The summed E-state index contributed by atoms with van der Waals surface area (Å²) in [5, 5.41) is 0.581. The average molecular weight is 266 g/mol. The first kappa shape index (κ1) is 12.8. The summed E-state index contributed by atoms with van der Waals surface area (Å²) in [6.07, 6.45) is 0. The molecular weight excluding hydrogens is 250 g/mol. The van der Waals surface area contributed by atoms with Gasteiger partial charge in [0.25, 0.3) is 0 Å². The van der Waals surface area contributed by atoms with Crippen molar-refractivity contribution in [1.29, 1.82) is 0 Å². The molecule has 0 aliphatic carbocycles. The molecule has 2 rings (SSSR count). The predicted octanol–water partition coefficient (Wildman–Crippen LogP) is 2.95. The fourth-order valence-electron chi connectivity index (χ4n) is 2.10. The molecule has 0 fully saturated rings. The van der Waals surface area contributed by atoms with Crippen LogP contribution in [0.1, 0.15) is 11.3 Å². The second kappa shape index (κ2) is 4.53. The van der Waals surface area contributed by atoms with E-state index >= 15 is 0 Å². The van der Waals surface area contributed by atoms with Crippen molar-refractivity contribution in [2.75, 3.05) is 12.8 Å². The highest BCUT2D eigenvalue weighted by Gasteiger charge is 2.15. The number of nitrogens with two attached hydrogens (primary N) is 1. The molecule has 0 spiro atoms. The van der Waals surface area contributed by atoms with Crippen molar-refractivity contribution >= 4 is 17.5 Å². The highest BCUT2D eigenvalue weighted by atomic mass is 35.5. The lowest BCUT2D eigenvalue weighted by molar-refractivity contribution is 0.415. The molecule has 0 saturated heterocycles. The first-order valence-corrected chi connectivity index (χ1v) is 5.96. The van der Waals surface area contributed by atoms with Crippen molar-refractivity contribution in [2.45, 2.75) is 13.8 Å². The van der Waals surface area contributed by atoms with E-state index < -0.39 is 0 Å². The molecule has 0 aliphatic heterocycles. The van der Waals surface area contributed by atoms with E-state index in [1.54, 1.807) is 7.11 Å². The van der Waals surface area contributed by atoms with E-state index in [1.165, 1.54) is 0 Å². The Morgan fingerprint density at radius 1 is 1.33 bits per heavy atom. The Balaban J connectivity index is 2.68. The Morgan fingerprint density at radius 2 is 2.00 bits per heavy atom. The van der Waals surface area contributed by atoms with Crippen molar-refractivity contribution in [2.24, 2.45) is 7.05 Å². The number of halogens is 1. The van der Waals surface area contributed by atoms with Crippen LogP contribution in [0.25, 0.3) is 11.3 Å². The van der Waals surface area contributed by atoms with Gasteiger partial charge in [0.2, 0.25) is 5.95 Å². The van der Waals surface area contributed by atoms with Gasteiger partial charge in [-0.25, -0.2) is 4.98 Å². The molecule has 1 aromatic heterocycles. The molecule has 5 heteroatoms. The van der Waals surface area contributed by atoms with Crippen LogP contribution in [-0.4, -0.2) is 16.7 Å². The Morgan fingerprint density at radius 3 is 2.50 bits per heavy atom. The summed E-state index contributed by atoms with van der Waals surface area (Å²) in [6, 6.07) is 3.81. The van der Waals surface area contributed by atoms with Gasteiger partial charge in [0, 0.05) is 12.6 Å². The fourth-order valence-corrected chi connectivity index (χ4v) is 2.34. The average Bonchev–Trinajstić information content (AvgIpc) is 2.56. The number of hydrogen-bond donors (Lipinski definition) is 1. The summed E-state index contributed by atoms with van der Waals surface area (Å²) in [6.45, 7) is 3.94. The van der Waals surface area contributed by atoms with Crippen molar-refractivity contribution in [3.05, 3.63) is 28.4 Å². The van der Waals surface area contributed by atoms with Crippen LogP contribution in [-0.2, 0) is 7.05 Å². The molecule has 0 radical (unpaired) electrons. The van der Waals surface area contributed by atoms with Crippen LogP contribution in [0.2, 0.25) is 5.02 Å². The number of hydrogen-bond acceptors (Lipinski definition) is 3. The third-order valence-corrected chi connectivity index (χ3v) is 3.35. The topological polar surface area (TPSA) is 53.1 Å². The maximum Gasteiger partial charge on any atom is 0.200 e. The van der Waals surface area contributed by atoms with Crippen LogP contribution >= 0.6 is 11.6 Å². The summed E-state index contributed by atoms with van der Waals surface area (Å²) in [4.78, 5) is 4.27. The molecule has 2 N–H and O–H groups in total. The SMILES string of the molecule is COc1cc(C)c(-c2c(C)nc(N)n2C)cc1Cl. The normalized spacial score (nSPS) is 10.7. The first-order chi connectivity index (χ1) is 8.45. The van der Waals surface area contributed by atoms with Gasteiger partial charge in [-0.3, -0.25) is 0 Å². The van der Waals surface area contributed by atoms with Crippen LogP contribution < -0.4 is 10.5 Å². The fraction of sp³-hybridized carbons (Fsp3) is 0.308. The van der Waals surface area contributed by atoms with Crippen molar-refractivity contribution in [3.63, 3.8) is 0 Å². The number of aromatic nitrogens is 2. The molecule has 0 saturated carbocycles. The minimum absolute atomic E-state index is 0.494. The van der Waals surface area contributed by atoms with Gasteiger partial charge in [-0.1, -0.05) is 11.6 Å². The molecule has 0 amide bonds. The molecule has 0 unspecified atom stereocenters. The predicted molar refractivity (Wildman–Crippen MR) is 74.1 cm³/mol. The monoisotopic (exact) mass is 265 g/mol. The lowest BCUT2D eigenvalue weighted by atomic mass is 10.0. The minimum Gasteiger partial charge on any atom is -0.495 e. The van der Waals surface area contributed by atoms with E-state index in [0.29, 0.717) is 16.7 Å². The van der Waals surface area contributed by atoms with Gasteiger partial charge in [-0.15, -0.1) is 0 Å². The molecule has 0 aliphatic rings. The van der Waals surface area contributed by atoms with Gasteiger partial charge in [0.15, 0.2) is 0 Å². The van der Waals surface area contributed by atoms with E-state index in [0.717, 1.165) is 22.5 Å².